The summed E-state index contributed by atoms with van der Waals surface area (Å²) in [6.45, 7) is 4.18. The molecular formula is C21H21N3O3S. The summed E-state index contributed by atoms with van der Waals surface area (Å²) < 4.78 is 5.49. The number of anilines is 1. The maximum absolute atomic E-state index is 11.0. The zero-order valence-electron chi connectivity index (χ0n) is 15.6. The molecule has 1 aliphatic heterocycles. The van der Waals surface area contributed by atoms with Crippen LogP contribution in [0.15, 0.2) is 48.7 Å². The zero-order chi connectivity index (χ0) is 19.5. The van der Waals surface area contributed by atoms with Gasteiger partial charge in [-0.25, -0.2) is 4.98 Å². The number of non-ortho nitro benzene ring substituents is 1. The molecule has 0 atom stereocenters. The highest BCUT2D eigenvalue weighted by atomic mass is 32.1. The predicted molar refractivity (Wildman–Crippen MR) is 110 cm³/mol. The molecule has 0 amide bonds. The van der Waals surface area contributed by atoms with Crippen LogP contribution in [0.25, 0.3) is 0 Å². The van der Waals surface area contributed by atoms with Crippen LogP contribution in [-0.2, 0) is 19.4 Å². The number of thiazole rings is 1. The first kappa shape index (κ1) is 18.4. The summed E-state index contributed by atoms with van der Waals surface area (Å²) >= 11 is 1.68. The highest BCUT2D eigenvalue weighted by molar-refractivity contribution is 7.15. The van der Waals surface area contributed by atoms with Crippen molar-refractivity contribution in [2.45, 2.75) is 26.3 Å². The van der Waals surface area contributed by atoms with Gasteiger partial charge in [0, 0.05) is 42.7 Å². The number of rotatable bonds is 6. The minimum Gasteiger partial charge on any atom is -0.494 e. The zero-order valence-corrected chi connectivity index (χ0v) is 16.4. The lowest BCUT2D eigenvalue weighted by Crippen LogP contribution is -2.30. The lowest BCUT2D eigenvalue weighted by Gasteiger charge is -2.28. The number of benzene rings is 2. The molecule has 1 aliphatic rings. The van der Waals surface area contributed by atoms with Crippen LogP contribution in [-0.4, -0.2) is 23.1 Å². The molecule has 0 radical (unpaired) electrons. The fourth-order valence-electron chi connectivity index (χ4n) is 3.42. The van der Waals surface area contributed by atoms with Gasteiger partial charge in [0.1, 0.15) is 5.75 Å². The molecule has 2 aromatic carbocycles. The van der Waals surface area contributed by atoms with E-state index >= 15 is 0 Å². The molecule has 2 heterocycles. The van der Waals surface area contributed by atoms with Crippen LogP contribution in [0.2, 0.25) is 0 Å². The number of hydrogen-bond donors (Lipinski definition) is 0. The van der Waals surface area contributed by atoms with E-state index in [1.54, 1.807) is 23.5 Å². The molecule has 4 rings (SSSR count). The van der Waals surface area contributed by atoms with E-state index in [0.717, 1.165) is 35.8 Å². The molecule has 0 fully saturated rings. The Balaban J connectivity index is 1.46. The highest BCUT2D eigenvalue weighted by Gasteiger charge is 2.21. The Labute approximate surface area is 167 Å². The van der Waals surface area contributed by atoms with Gasteiger partial charge in [-0.15, -0.1) is 11.3 Å². The van der Waals surface area contributed by atoms with Crippen LogP contribution in [0, 0.1) is 10.1 Å². The minimum atomic E-state index is -0.336. The number of aromatic nitrogens is 1. The normalized spacial score (nSPS) is 13.2. The second-order valence-corrected chi connectivity index (χ2v) is 7.84. The quantitative estimate of drug-likeness (QED) is 0.451. The summed E-state index contributed by atoms with van der Waals surface area (Å²) in [6.07, 6.45) is 3.64. The molecule has 0 aliphatic carbocycles. The largest absolute Gasteiger partial charge is 0.494 e. The molecule has 0 saturated heterocycles. The molecule has 0 bridgehead atoms. The SMILES string of the molecule is CCOc1ccc(Cc2cnc(N3CCc4ccc([N+](=O)[O-])cc4C3)s2)cc1. The Hall–Kier alpha value is -2.93. The lowest BCUT2D eigenvalue weighted by molar-refractivity contribution is -0.384. The van der Waals surface area contributed by atoms with Crippen molar-refractivity contribution in [1.82, 2.24) is 4.98 Å². The van der Waals surface area contributed by atoms with Gasteiger partial charge in [0.2, 0.25) is 0 Å². The molecule has 6 nitrogen and oxygen atoms in total. The summed E-state index contributed by atoms with van der Waals surface area (Å²) in [6, 6.07) is 13.3. The van der Waals surface area contributed by atoms with Crippen LogP contribution in [0.4, 0.5) is 10.8 Å². The monoisotopic (exact) mass is 395 g/mol. The third-order valence-electron chi connectivity index (χ3n) is 4.84. The van der Waals surface area contributed by atoms with Crippen molar-refractivity contribution in [1.29, 1.82) is 0 Å². The number of hydrogen-bond acceptors (Lipinski definition) is 6. The number of nitrogens with zero attached hydrogens (tertiary/aromatic N) is 3. The Morgan fingerprint density at radius 2 is 2.04 bits per heavy atom. The molecule has 7 heteroatoms. The van der Waals surface area contributed by atoms with Gasteiger partial charge in [-0.2, -0.15) is 0 Å². The average Bonchev–Trinajstić information content (AvgIpc) is 3.17. The Kier molecular flexibility index (Phi) is 5.25. The number of fused-ring (bicyclic) bond motifs is 1. The summed E-state index contributed by atoms with van der Waals surface area (Å²) in [7, 11) is 0. The summed E-state index contributed by atoms with van der Waals surface area (Å²) in [5.41, 5.74) is 3.57. The van der Waals surface area contributed by atoms with E-state index in [-0.39, 0.29) is 10.6 Å². The fraction of sp³-hybridized carbons (Fsp3) is 0.286. The van der Waals surface area contributed by atoms with Crippen LogP contribution in [0.1, 0.15) is 28.5 Å². The van der Waals surface area contributed by atoms with Crippen molar-refractivity contribution in [3.8, 4) is 5.75 Å². The van der Waals surface area contributed by atoms with Gasteiger partial charge in [-0.05, 0) is 42.2 Å². The molecule has 144 valence electrons. The van der Waals surface area contributed by atoms with E-state index in [1.165, 1.54) is 16.0 Å². The summed E-state index contributed by atoms with van der Waals surface area (Å²) in [5.74, 6) is 0.886. The van der Waals surface area contributed by atoms with E-state index in [2.05, 4.69) is 22.0 Å². The van der Waals surface area contributed by atoms with Gasteiger partial charge < -0.3 is 9.64 Å². The first-order valence-electron chi connectivity index (χ1n) is 9.30. The second kappa shape index (κ2) is 7.98. The maximum Gasteiger partial charge on any atom is 0.269 e. The van der Waals surface area contributed by atoms with Gasteiger partial charge in [0.25, 0.3) is 5.69 Å². The van der Waals surface area contributed by atoms with E-state index in [9.17, 15) is 10.1 Å². The lowest BCUT2D eigenvalue weighted by atomic mass is 9.99. The van der Waals surface area contributed by atoms with Crippen molar-refractivity contribution in [2.75, 3.05) is 18.1 Å². The Morgan fingerprint density at radius 3 is 2.79 bits per heavy atom. The average molecular weight is 395 g/mol. The van der Waals surface area contributed by atoms with Crippen molar-refractivity contribution in [3.63, 3.8) is 0 Å². The molecule has 3 aromatic rings. The van der Waals surface area contributed by atoms with Crippen LogP contribution >= 0.6 is 11.3 Å². The first-order valence-corrected chi connectivity index (χ1v) is 10.1. The Morgan fingerprint density at radius 1 is 1.21 bits per heavy atom. The molecule has 0 N–H and O–H groups in total. The highest BCUT2D eigenvalue weighted by Crippen LogP contribution is 2.31. The van der Waals surface area contributed by atoms with Gasteiger partial charge in [-0.3, -0.25) is 10.1 Å². The topological polar surface area (TPSA) is 68.5 Å². The predicted octanol–water partition coefficient (Wildman–Crippen LogP) is 4.60. The molecule has 0 unspecified atom stereocenters. The van der Waals surface area contributed by atoms with Gasteiger partial charge in [-0.1, -0.05) is 18.2 Å². The molecule has 0 saturated carbocycles. The first-order chi connectivity index (χ1) is 13.6. The molecule has 1 aromatic heterocycles. The third kappa shape index (κ3) is 3.99. The van der Waals surface area contributed by atoms with Crippen LogP contribution < -0.4 is 9.64 Å². The standard InChI is InChI=1S/C21H21N3O3S/c1-2-27-19-7-3-15(4-8-19)11-20-13-22-21(28-20)23-10-9-16-5-6-18(24(25)26)12-17(16)14-23/h3-8,12-13H,2,9-11,14H2,1H3. The number of ether oxygens (including phenoxy) is 1. The van der Waals surface area contributed by atoms with Crippen molar-refractivity contribution in [3.05, 3.63) is 80.3 Å². The molecule has 0 spiro atoms. The van der Waals surface area contributed by atoms with E-state index in [4.69, 9.17) is 4.74 Å². The Bertz CT molecular complexity index is 985. The van der Waals surface area contributed by atoms with Crippen molar-refractivity contribution in [2.24, 2.45) is 0 Å². The van der Waals surface area contributed by atoms with E-state index in [0.29, 0.717) is 13.2 Å². The van der Waals surface area contributed by atoms with Gasteiger partial charge in [0.05, 0.1) is 11.5 Å². The summed E-state index contributed by atoms with van der Waals surface area (Å²) in [5, 5.41) is 12.0. The smallest absolute Gasteiger partial charge is 0.269 e. The molecule has 28 heavy (non-hydrogen) atoms. The van der Waals surface area contributed by atoms with Crippen LogP contribution in [0.3, 0.4) is 0 Å². The van der Waals surface area contributed by atoms with Gasteiger partial charge in [0.15, 0.2) is 5.13 Å². The minimum absolute atomic E-state index is 0.149. The maximum atomic E-state index is 11.0. The van der Waals surface area contributed by atoms with Crippen molar-refractivity contribution >= 4 is 22.2 Å². The van der Waals surface area contributed by atoms with Gasteiger partial charge >= 0.3 is 0 Å². The van der Waals surface area contributed by atoms with Crippen molar-refractivity contribution < 1.29 is 9.66 Å². The number of nitro groups is 1. The van der Waals surface area contributed by atoms with Crippen LogP contribution in [0.5, 0.6) is 5.75 Å². The van der Waals surface area contributed by atoms with E-state index < -0.39 is 0 Å². The summed E-state index contributed by atoms with van der Waals surface area (Å²) in [4.78, 5) is 18.7. The van der Waals surface area contributed by atoms with E-state index in [1.807, 2.05) is 31.3 Å². The fourth-order valence-corrected chi connectivity index (χ4v) is 4.39. The number of nitro benzene ring substituents is 1. The molecular weight excluding hydrogens is 374 g/mol. The second-order valence-electron chi connectivity index (χ2n) is 6.74. The third-order valence-corrected chi connectivity index (χ3v) is 5.90.